The second-order valence-corrected chi connectivity index (χ2v) is 4.70. The molecule has 1 aromatic heterocycles. The van der Waals surface area contributed by atoms with Gasteiger partial charge in [0.15, 0.2) is 0 Å². The zero-order valence-electron chi connectivity index (χ0n) is 12.0. The van der Waals surface area contributed by atoms with Crippen molar-refractivity contribution in [2.75, 3.05) is 6.54 Å². The van der Waals surface area contributed by atoms with E-state index in [2.05, 4.69) is 15.0 Å². The maximum atomic E-state index is 12.6. The van der Waals surface area contributed by atoms with Crippen molar-refractivity contribution in [2.45, 2.75) is 26.5 Å². The number of aryl methyl sites for hydroxylation is 1. The molecule has 1 unspecified atom stereocenters. The van der Waals surface area contributed by atoms with Gasteiger partial charge in [0.25, 0.3) is 0 Å². The summed E-state index contributed by atoms with van der Waals surface area (Å²) in [5.41, 5.74) is 2.61. The molecule has 0 aliphatic carbocycles. The normalized spacial score (nSPS) is 12.4. The standard InChI is InChI=1S/C16H18F2N2O/c1-3-20-15(12-8-11(2)9-19-10-12)13-6-4-5-7-14(13)21-16(17)18/h4-10,15-16,20H,3H2,1-2H3. The van der Waals surface area contributed by atoms with Gasteiger partial charge in [0, 0.05) is 18.0 Å². The fourth-order valence-corrected chi connectivity index (χ4v) is 2.27. The van der Waals surface area contributed by atoms with Crippen molar-refractivity contribution in [2.24, 2.45) is 0 Å². The maximum Gasteiger partial charge on any atom is 0.387 e. The Morgan fingerprint density at radius 1 is 1.24 bits per heavy atom. The SMILES string of the molecule is CCNC(c1cncc(C)c1)c1ccccc1OC(F)F. The lowest BCUT2D eigenvalue weighted by Crippen LogP contribution is -2.23. The highest BCUT2D eigenvalue weighted by atomic mass is 19.3. The van der Waals surface area contributed by atoms with Crippen LogP contribution in [0.4, 0.5) is 8.78 Å². The number of nitrogens with zero attached hydrogens (tertiary/aromatic N) is 1. The van der Waals surface area contributed by atoms with Crippen molar-refractivity contribution in [1.82, 2.24) is 10.3 Å². The number of rotatable bonds is 6. The Hall–Kier alpha value is -2.01. The number of pyridine rings is 1. The second kappa shape index (κ2) is 7.13. The Bertz CT molecular complexity index is 590. The molecule has 0 spiro atoms. The third-order valence-electron chi connectivity index (χ3n) is 3.08. The van der Waals surface area contributed by atoms with Gasteiger partial charge in [-0.05, 0) is 30.7 Å². The number of benzene rings is 1. The van der Waals surface area contributed by atoms with Gasteiger partial charge < -0.3 is 10.1 Å². The van der Waals surface area contributed by atoms with Crippen LogP contribution in [-0.2, 0) is 0 Å². The molecule has 1 atom stereocenters. The van der Waals surface area contributed by atoms with Gasteiger partial charge in [0.1, 0.15) is 5.75 Å². The molecule has 0 aliphatic rings. The number of hydrogen-bond acceptors (Lipinski definition) is 3. The van der Waals surface area contributed by atoms with Crippen LogP contribution in [0.3, 0.4) is 0 Å². The molecule has 0 amide bonds. The van der Waals surface area contributed by atoms with Crippen LogP contribution < -0.4 is 10.1 Å². The van der Waals surface area contributed by atoms with E-state index in [1.807, 2.05) is 19.9 Å². The number of para-hydroxylation sites is 1. The van der Waals surface area contributed by atoms with Crippen molar-refractivity contribution >= 4 is 0 Å². The van der Waals surface area contributed by atoms with Gasteiger partial charge in [-0.1, -0.05) is 31.2 Å². The monoisotopic (exact) mass is 292 g/mol. The van der Waals surface area contributed by atoms with E-state index in [0.717, 1.165) is 11.1 Å². The fourth-order valence-electron chi connectivity index (χ4n) is 2.27. The maximum absolute atomic E-state index is 12.6. The molecule has 2 rings (SSSR count). The average Bonchev–Trinajstić information content (AvgIpc) is 2.45. The molecule has 21 heavy (non-hydrogen) atoms. The van der Waals surface area contributed by atoms with Crippen LogP contribution in [0.5, 0.6) is 5.75 Å². The molecule has 0 saturated heterocycles. The van der Waals surface area contributed by atoms with Gasteiger partial charge in [-0.3, -0.25) is 4.98 Å². The van der Waals surface area contributed by atoms with Crippen molar-refractivity contribution in [3.63, 3.8) is 0 Å². The van der Waals surface area contributed by atoms with E-state index in [1.165, 1.54) is 0 Å². The molecule has 1 N–H and O–H groups in total. The zero-order chi connectivity index (χ0) is 15.2. The van der Waals surface area contributed by atoms with Gasteiger partial charge in [-0.25, -0.2) is 0 Å². The van der Waals surface area contributed by atoms with E-state index in [1.54, 1.807) is 36.7 Å². The Morgan fingerprint density at radius 2 is 2.00 bits per heavy atom. The Kier molecular flexibility index (Phi) is 5.22. The van der Waals surface area contributed by atoms with Crippen molar-refractivity contribution in [3.8, 4) is 5.75 Å². The average molecular weight is 292 g/mol. The summed E-state index contributed by atoms with van der Waals surface area (Å²) in [6.07, 6.45) is 3.49. The van der Waals surface area contributed by atoms with Gasteiger partial charge in [-0.2, -0.15) is 8.78 Å². The Morgan fingerprint density at radius 3 is 2.67 bits per heavy atom. The predicted octanol–water partition coefficient (Wildman–Crippen LogP) is 3.69. The summed E-state index contributed by atoms with van der Waals surface area (Å²) in [5, 5.41) is 3.29. The van der Waals surface area contributed by atoms with E-state index >= 15 is 0 Å². The summed E-state index contributed by atoms with van der Waals surface area (Å²) in [4.78, 5) is 4.17. The highest BCUT2D eigenvalue weighted by Crippen LogP contribution is 2.31. The summed E-state index contributed by atoms with van der Waals surface area (Å²) in [6, 6.07) is 8.57. The molecule has 3 nitrogen and oxygen atoms in total. The summed E-state index contributed by atoms with van der Waals surface area (Å²) >= 11 is 0. The van der Waals surface area contributed by atoms with Crippen LogP contribution in [0, 0.1) is 6.92 Å². The molecule has 0 bridgehead atoms. The predicted molar refractivity (Wildman–Crippen MR) is 77.6 cm³/mol. The van der Waals surface area contributed by atoms with Crippen molar-refractivity contribution in [1.29, 1.82) is 0 Å². The summed E-state index contributed by atoms with van der Waals surface area (Å²) in [5.74, 6) is 0.181. The van der Waals surface area contributed by atoms with E-state index in [9.17, 15) is 8.78 Å². The van der Waals surface area contributed by atoms with Crippen LogP contribution in [-0.4, -0.2) is 18.1 Å². The summed E-state index contributed by atoms with van der Waals surface area (Å²) < 4.78 is 29.8. The summed E-state index contributed by atoms with van der Waals surface area (Å²) in [6.45, 7) is 1.76. The number of aromatic nitrogens is 1. The lowest BCUT2D eigenvalue weighted by Gasteiger charge is -2.21. The number of nitrogens with one attached hydrogen (secondary N) is 1. The molecule has 5 heteroatoms. The van der Waals surface area contributed by atoms with Gasteiger partial charge in [-0.15, -0.1) is 0 Å². The first-order chi connectivity index (χ1) is 10.1. The third kappa shape index (κ3) is 3.98. The van der Waals surface area contributed by atoms with Crippen molar-refractivity contribution < 1.29 is 13.5 Å². The molecular weight excluding hydrogens is 274 g/mol. The number of hydrogen-bond donors (Lipinski definition) is 1. The van der Waals surface area contributed by atoms with E-state index < -0.39 is 6.61 Å². The lowest BCUT2D eigenvalue weighted by atomic mass is 9.98. The van der Waals surface area contributed by atoms with Crippen LogP contribution in [0.2, 0.25) is 0 Å². The van der Waals surface area contributed by atoms with Crippen molar-refractivity contribution in [3.05, 3.63) is 59.4 Å². The molecule has 0 saturated carbocycles. The van der Waals surface area contributed by atoms with E-state index in [-0.39, 0.29) is 11.8 Å². The molecule has 2 aromatic rings. The van der Waals surface area contributed by atoms with Gasteiger partial charge in [0.05, 0.1) is 6.04 Å². The molecule has 0 aliphatic heterocycles. The first-order valence-electron chi connectivity index (χ1n) is 6.80. The number of halogens is 2. The zero-order valence-corrected chi connectivity index (χ0v) is 12.0. The highest BCUT2D eigenvalue weighted by Gasteiger charge is 2.19. The quantitative estimate of drug-likeness (QED) is 0.881. The number of ether oxygens (including phenoxy) is 1. The van der Waals surface area contributed by atoms with Crippen LogP contribution in [0.25, 0.3) is 0 Å². The molecule has 0 fully saturated rings. The third-order valence-corrected chi connectivity index (χ3v) is 3.08. The fraction of sp³-hybridized carbons (Fsp3) is 0.312. The number of alkyl halides is 2. The summed E-state index contributed by atoms with van der Waals surface area (Å²) in [7, 11) is 0. The lowest BCUT2D eigenvalue weighted by molar-refractivity contribution is -0.0506. The van der Waals surface area contributed by atoms with Crippen LogP contribution in [0.1, 0.15) is 29.7 Å². The largest absolute Gasteiger partial charge is 0.434 e. The van der Waals surface area contributed by atoms with Gasteiger partial charge in [0.2, 0.25) is 0 Å². The van der Waals surface area contributed by atoms with E-state index in [0.29, 0.717) is 12.1 Å². The first kappa shape index (κ1) is 15.4. The highest BCUT2D eigenvalue weighted by molar-refractivity contribution is 5.41. The topological polar surface area (TPSA) is 34.2 Å². The smallest absolute Gasteiger partial charge is 0.387 e. The first-order valence-corrected chi connectivity index (χ1v) is 6.80. The molecule has 1 aromatic carbocycles. The van der Waals surface area contributed by atoms with Crippen LogP contribution in [0.15, 0.2) is 42.7 Å². The molecule has 0 radical (unpaired) electrons. The van der Waals surface area contributed by atoms with Gasteiger partial charge >= 0.3 is 6.61 Å². The van der Waals surface area contributed by atoms with E-state index in [4.69, 9.17) is 0 Å². The second-order valence-electron chi connectivity index (χ2n) is 4.70. The van der Waals surface area contributed by atoms with Crippen LogP contribution >= 0.6 is 0 Å². The molecular formula is C16H18F2N2O. The Balaban J connectivity index is 2.43. The minimum absolute atomic E-state index is 0.181. The Labute approximate surface area is 123 Å². The minimum Gasteiger partial charge on any atom is -0.434 e. The molecule has 1 heterocycles. The molecule has 112 valence electrons. The minimum atomic E-state index is -2.84.